The molecule has 2 nitrogen and oxygen atoms in total. The first kappa shape index (κ1) is 13.1. The molecule has 0 aromatic rings. The van der Waals surface area contributed by atoms with Crippen LogP contribution >= 0.6 is 0 Å². The van der Waals surface area contributed by atoms with Gasteiger partial charge in [-0.25, -0.2) is 0 Å². The van der Waals surface area contributed by atoms with Gasteiger partial charge in [-0.3, -0.25) is 0 Å². The molecule has 0 aromatic heterocycles. The van der Waals surface area contributed by atoms with E-state index in [1.165, 1.54) is 32.1 Å². The number of hydrogen-bond acceptors (Lipinski definition) is 2. The number of alkyl halides is 3. The highest BCUT2D eigenvalue weighted by atomic mass is 19.4. The van der Waals surface area contributed by atoms with Gasteiger partial charge in [-0.2, -0.15) is 13.2 Å². The molecule has 1 aliphatic heterocycles. The molecule has 2 rings (SSSR count). The lowest BCUT2D eigenvalue weighted by atomic mass is 9.78. The third kappa shape index (κ3) is 4.14. The minimum absolute atomic E-state index is 0.219. The van der Waals surface area contributed by atoms with Crippen LogP contribution in [0.4, 0.5) is 13.2 Å². The minimum atomic E-state index is -4.10. The van der Waals surface area contributed by atoms with Gasteiger partial charge in [0, 0.05) is 18.6 Å². The van der Waals surface area contributed by atoms with E-state index in [2.05, 4.69) is 10.6 Å². The van der Waals surface area contributed by atoms with Crippen LogP contribution in [0.3, 0.4) is 0 Å². The van der Waals surface area contributed by atoms with Crippen LogP contribution in [-0.2, 0) is 0 Å². The fourth-order valence-corrected chi connectivity index (χ4v) is 3.12. The molecule has 2 N–H and O–H groups in total. The molecule has 0 radical (unpaired) electrons. The zero-order valence-electron chi connectivity index (χ0n) is 10.0. The number of hydrogen-bond donors (Lipinski definition) is 2. The third-order valence-corrected chi connectivity index (χ3v) is 3.96. The molecule has 5 heteroatoms. The Balaban J connectivity index is 1.69. The number of nitrogens with one attached hydrogen (secondary N) is 2. The zero-order chi connectivity index (χ0) is 12.3. The van der Waals surface area contributed by atoms with Crippen molar-refractivity contribution in [3.05, 3.63) is 0 Å². The maximum absolute atomic E-state index is 12.0. The van der Waals surface area contributed by atoms with Crippen molar-refractivity contribution >= 4 is 0 Å². The van der Waals surface area contributed by atoms with E-state index in [0.717, 1.165) is 12.3 Å². The second kappa shape index (κ2) is 5.57. The third-order valence-electron chi connectivity index (χ3n) is 3.96. The highest BCUT2D eigenvalue weighted by Gasteiger charge is 2.32. The molecule has 1 saturated heterocycles. The Morgan fingerprint density at radius 3 is 2.59 bits per heavy atom. The van der Waals surface area contributed by atoms with E-state index in [9.17, 15) is 13.2 Å². The van der Waals surface area contributed by atoms with Gasteiger partial charge in [0.15, 0.2) is 0 Å². The smallest absolute Gasteiger partial charge is 0.310 e. The second-order valence-corrected chi connectivity index (χ2v) is 5.34. The van der Waals surface area contributed by atoms with Gasteiger partial charge < -0.3 is 10.6 Å². The fraction of sp³-hybridized carbons (Fsp3) is 1.00. The lowest BCUT2D eigenvalue weighted by Gasteiger charge is -2.40. The number of fused-ring (bicyclic) bond motifs is 1. The van der Waals surface area contributed by atoms with Crippen molar-refractivity contribution in [2.24, 2.45) is 5.92 Å². The molecule has 100 valence electrons. The summed E-state index contributed by atoms with van der Waals surface area (Å²) in [7, 11) is 0. The fourth-order valence-electron chi connectivity index (χ4n) is 3.12. The summed E-state index contributed by atoms with van der Waals surface area (Å²) in [6.07, 6.45) is 3.15. The summed E-state index contributed by atoms with van der Waals surface area (Å²) in [4.78, 5) is 0. The molecule has 0 bridgehead atoms. The molecule has 3 atom stereocenters. The van der Waals surface area contributed by atoms with Gasteiger partial charge in [-0.15, -0.1) is 0 Å². The summed E-state index contributed by atoms with van der Waals surface area (Å²) in [6, 6.07) is 0.770. The number of rotatable bonds is 3. The van der Waals surface area contributed by atoms with E-state index >= 15 is 0 Å². The van der Waals surface area contributed by atoms with Crippen molar-refractivity contribution < 1.29 is 13.2 Å². The van der Waals surface area contributed by atoms with E-state index in [-0.39, 0.29) is 6.04 Å². The van der Waals surface area contributed by atoms with Gasteiger partial charge in [0.05, 0.1) is 6.54 Å². The van der Waals surface area contributed by atoms with Crippen molar-refractivity contribution in [1.82, 2.24) is 10.6 Å². The molecule has 1 saturated carbocycles. The Hall–Kier alpha value is -0.290. The van der Waals surface area contributed by atoms with Gasteiger partial charge >= 0.3 is 6.18 Å². The summed E-state index contributed by atoms with van der Waals surface area (Å²) < 4.78 is 36.0. The van der Waals surface area contributed by atoms with Gasteiger partial charge in [-0.1, -0.05) is 12.8 Å². The molecule has 2 aliphatic rings. The van der Waals surface area contributed by atoms with Crippen LogP contribution in [-0.4, -0.2) is 31.3 Å². The average Bonchev–Trinajstić information content (AvgIpc) is 2.27. The first-order valence-corrected chi connectivity index (χ1v) is 6.58. The zero-order valence-corrected chi connectivity index (χ0v) is 10.0. The Kier molecular flexibility index (Phi) is 4.31. The second-order valence-electron chi connectivity index (χ2n) is 5.34. The van der Waals surface area contributed by atoms with E-state index in [1.54, 1.807) is 0 Å². The monoisotopic (exact) mass is 250 g/mol. The van der Waals surface area contributed by atoms with Crippen LogP contribution in [0, 0.1) is 5.92 Å². The molecule has 0 aromatic carbocycles. The van der Waals surface area contributed by atoms with Gasteiger partial charge in [0.1, 0.15) is 0 Å². The van der Waals surface area contributed by atoms with E-state index in [1.807, 2.05) is 0 Å². The Labute approximate surface area is 100 Å². The van der Waals surface area contributed by atoms with Crippen molar-refractivity contribution in [3.8, 4) is 0 Å². The van der Waals surface area contributed by atoms with E-state index in [0.29, 0.717) is 12.6 Å². The van der Waals surface area contributed by atoms with Gasteiger partial charge in [0.2, 0.25) is 0 Å². The summed E-state index contributed by atoms with van der Waals surface area (Å²) in [5, 5.41) is 6.01. The molecule has 1 heterocycles. The average molecular weight is 250 g/mol. The number of halogens is 3. The van der Waals surface area contributed by atoms with Crippen LogP contribution in [0.25, 0.3) is 0 Å². The molecule has 0 spiro atoms. The predicted molar refractivity (Wildman–Crippen MR) is 60.8 cm³/mol. The summed E-state index contributed by atoms with van der Waals surface area (Å²) >= 11 is 0. The van der Waals surface area contributed by atoms with Crippen LogP contribution in [0.5, 0.6) is 0 Å². The van der Waals surface area contributed by atoms with Crippen molar-refractivity contribution in [2.45, 2.75) is 56.8 Å². The SMILES string of the molecule is FC(F)(F)CNCC1CCC2CCCCC2N1. The van der Waals surface area contributed by atoms with Crippen LogP contribution < -0.4 is 10.6 Å². The summed E-state index contributed by atoms with van der Waals surface area (Å²) in [5.74, 6) is 0.766. The van der Waals surface area contributed by atoms with Crippen LogP contribution in [0.15, 0.2) is 0 Å². The summed E-state index contributed by atoms with van der Waals surface area (Å²) in [6.45, 7) is -0.442. The molecular weight excluding hydrogens is 229 g/mol. The lowest BCUT2D eigenvalue weighted by Crippen LogP contribution is -2.52. The first-order chi connectivity index (χ1) is 8.04. The van der Waals surface area contributed by atoms with Crippen LogP contribution in [0.1, 0.15) is 38.5 Å². The topological polar surface area (TPSA) is 24.1 Å². The predicted octanol–water partition coefficient (Wildman–Crippen LogP) is 2.45. The van der Waals surface area contributed by atoms with Crippen molar-refractivity contribution in [3.63, 3.8) is 0 Å². The lowest BCUT2D eigenvalue weighted by molar-refractivity contribution is -0.125. The maximum atomic E-state index is 12.0. The quantitative estimate of drug-likeness (QED) is 0.804. The van der Waals surface area contributed by atoms with Crippen LogP contribution in [0.2, 0.25) is 0 Å². The molecule has 0 amide bonds. The summed E-state index contributed by atoms with van der Waals surface area (Å²) in [5.41, 5.74) is 0. The van der Waals surface area contributed by atoms with Crippen molar-refractivity contribution in [2.75, 3.05) is 13.1 Å². The molecule has 17 heavy (non-hydrogen) atoms. The Morgan fingerprint density at radius 1 is 1.06 bits per heavy atom. The number of piperidine rings is 1. The molecule has 2 fully saturated rings. The van der Waals surface area contributed by atoms with E-state index < -0.39 is 12.7 Å². The van der Waals surface area contributed by atoms with E-state index in [4.69, 9.17) is 0 Å². The van der Waals surface area contributed by atoms with Gasteiger partial charge in [-0.05, 0) is 31.6 Å². The molecule has 3 unspecified atom stereocenters. The van der Waals surface area contributed by atoms with Gasteiger partial charge in [0.25, 0.3) is 0 Å². The first-order valence-electron chi connectivity index (χ1n) is 6.58. The largest absolute Gasteiger partial charge is 0.401 e. The highest BCUT2D eigenvalue weighted by Crippen LogP contribution is 2.32. The molecule has 1 aliphatic carbocycles. The Morgan fingerprint density at radius 2 is 1.82 bits per heavy atom. The standard InChI is InChI=1S/C12H21F3N2/c13-12(14,15)8-16-7-10-6-5-9-3-1-2-4-11(9)17-10/h9-11,16-17H,1-8H2. The Bertz CT molecular complexity index is 242. The molecular formula is C12H21F3N2. The normalized spacial score (nSPS) is 34.4. The minimum Gasteiger partial charge on any atom is -0.310 e. The maximum Gasteiger partial charge on any atom is 0.401 e. The highest BCUT2D eigenvalue weighted by molar-refractivity contribution is 4.90. The van der Waals surface area contributed by atoms with Crippen molar-refractivity contribution in [1.29, 1.82) is 0 Å².